The molecule has 110 valence electrons. The average molecular weight is 290 g/mol. The van der Waals surface area contributed by atoms with Gasteiger partial charge in [0.05, 0.1) is 5.92 Å². The Kier molecular flexibility index (Phi) is 4.47. The van der Waals surface area contributed by atoms with Gasteiger partial charge in [-0.15, -0.1) is 0 Å². The summed E-state index contributed by atoms with van der Waals surface area (Å²) in [6.07, 6.45) is 3.67. The van der Waals surface area contributed by atoms with E-state index in [4.69, 9.17) is 5.11 Å². The molecule has 0 bridgehead atoms. The molecule has 0 aromatic rings. The number of rotatable bonds is 4. The van der Waals surface area contributed by atoms with Crippen molar-refractivity contribution in [2.45, 2.75) is 45.1 Å². The first kappa shape index (κ1) is 14.7. The van der Waals surface area contributed by atoms with E-state index in [-0.39, 0.29) is 0 Å². The minimum Gasteiger partial charge on any atom is -0.481 e. The Morgan fingerprint density at radius 3 is 2.42 bits per heavy atom. The fourth-order valence-corrected chi connectivity index (χ4v) is 4.39. The van der Waals surface area contributed by atoms with E-state index >= 15 is 0 Å². The van der Waals surface area contributed by atoms with Crippen LogP contribution in [-0.2, 0) is 15.0 Å². The molecule has 19 heavy (non-hydrogen) atoms. The Bertz CT molecular complexity index is 429. The van der Waals surface area contributed by atoms with E-state index in [1.54, 1.807) is 0 Å². The van der Waals surface area contributed by atoms with Crippen molar-refractivity contribution in [2.24, 2.45) is 11.8 Å². The third-order valence-electron chi connectivity index (χ3n) is 4.22. The molecule has 2 rings (SSSR count). The van der Waals surface area contributed by atoms with E-state index in [1.165, 1.54) is 4.31 Å². The predicted octanol–water partition coefficient (Wildman–Crippen LogP) is 0.806. The topological polar surface area (TPSA) is 86.7 Å². The molecule has 0 aromatic carbocycles. The Hall–Kier alpha value is -0.660. The second-order valence-corrected chi connectivity index (χ2v) is 7.39. The second-order valence-electron chi connectivity index (χ2n) is 5.69. The van der Waals surface area contributed by atoms with Crippen LogP contribution in [0.5, 0.6) is 0 Å². The smallest absolute Gasteiger partial charge is 0.308 e. The van der Waals surface area contributed by atoms with Crippen molar-refractivity contribution in [1.82, 2.24) is 9.03 Å². The lowest BCUT2D eigenvalue weighted by atomic mass is 10.0. The Morgan fingerprint density at radius 1 is 1.21 bits per heavy atom. The van der Waals surface area contributed by atoms with Crippen molar-refractivity contribution in [3.63, 3.8) is 0 Å². The Labute approximate surface area is 114 Å². The van der Waals surface area contributed by atoms with Gasteiger partial charge in [-0.3, -0.25) is 4.79 Å². The van der Waals surface area contributed by atoms with Gasteiger partial charge in [-0.2, -0.15) is 17.4 Å². The summed E-state index contributed by atoms with van der Waals surface area (Å²) in [6, 6.07) is -0.457. The lowest BCUT2D eigenvalue weighted by Gasteiger charge is -2.31. The second kappa shape index (κ2) is 5.76. The van der Waals surface area contributed by atoms with Crippen LogP contribution in [0.15, 0.2) is 0 Å². The first-order chi connectivity index (χ1) is 8.90. The van der Waals surface area contributed by atoms with Crippen LogP contribution < -0.4 is 4.72 Å². The Balaban J connectivity index is 1.99. The van der Waals surface area contributed by atoms with E-state index in [1.807, 2.05) is 0 Å². The van der Waals surface area contributed by atoms with Crippen molar-refractivity contribution in [3.05, 3.63) is 0 Å². The SMILES string of the molecule is CC1CCN(S(=O)(=O)NC2CCCC2C(=O)O)CC1. The number of nitrogens with one attached hydrogen (secondary N) is 1. The number of carboxylic acid groups (broad SMARTS) is 1. The summed E-state index contributed by atoms with van der Waals surface area (Å²) >= 11 is 0. The molecule has 1 heterocycles. The summed E-state index contributed by atoms with van der Waals surface area (Å²) in [6.45, 7) is 3.18. The first-order valence-corrected chi connectivity index (χ1v) is 8.34. The summed E-state index contributed by atoms with van der Waals surface area (Å²) in [4.78, 5) is 11.1. The quantitative estimate of drug-likeness (QED) is 0.802. The minimum absolute atomic E-state index is 0.457. The minimum atomic E-state index is -3.54. The van der Waals surface area contributed by atoms with Gasteiger partial charge in [-0.05, 0) is 31.6 Å². The zero-order chi connectivity index (χ0) is 14.0. The molecule has 0 amide bonds. The monoisotopic (exact) mass is 290 g/mol. The number of carbonyl (C=O) groups is 1. The van der Waals surface area contributed by atoms with Crippen LogP contribution in [0.25, 0.3) is 0 Å². The van der Waals surface area contributed by atoms with Crippen LogP contribution in [0, 0.1) is 11.8 Å². The number of aliphatic carboxylic acids is 1. The van der Waals surface area contributed by atoms with Crippen LogP contribution in [0.1, 0.15) is 39.0 Å². The molecule has 2 unspecified atom stereocenters. The average Bonchev–Trinajstić information content (AvgIpc) is 2.77. The number of hydrogen-bond donors (Lipinski definition) is 2. The predicted molar refractivity (Wildman–Crippen MR) is 70.8 cm³/mol. The van der Waals surface area contributed by atoms with Crippen molar-refractivity contribution in [1.29, 1.82) is 0 Å². The van der Waals surface area contributed by atoms with Crippen LogP contribution in [-0.4, -0.2) is 42.9 Å². The molecular formula is C12H22N2O4S. The molecule has 1 saturated carbocycles. The summed E-state index contributed by atoms with van der Waals surface area (Å²) in [5.41, 5.74) is 0. The number of nitrogens with zero attached hydrogens (tertiary/aromatic N) is 1. The standard InChI is InChI=1S/C12H22N2O4S/c1-9-5-7-14(8-6-9)19(17,18)13-11-4-2-3-10(11)12(15)16/h9-11,13H,2-8H2,1H3,(H,15,16). The van der Waals surface area contributed by atoms with Gasteiger partial charge in [-0.25, -0.2) is 0 Å². The molecule has 6 nitrogen and oxygen atoms in total. The molecule has 7 heteroatoms. The molecule has 0 spiro atoms. The molecule has 2 atom stereocenters. The maximum absolute atomic E-state index is 12.2. The van der Waals surface area contributed by atoms with Gasteiger partial charge in [-0.1, -0.05) is 13.3 Å². The van der Waals surface area contributed by atoms with Crippen molar-refractivity contribution < 1.29 is 18.3 Å². The lowest BCUT2D eigenvalue weighted by molar-refractivity contribution is -0.141. The van der Waals surface area contributed by atoms with E-state index in [0.717, 1.165) is 19.3 Å². The van der Waals surface area contributed by atoms with E-state index in [2.05, 4.69) is 11.6 Å². The third-order valence-corrected chi connectivity index (χ3v) is 5.86. The number of hydrogen-bond acceptors (Lipinski definition) is 3. The van der Waals surface area contributed by atoms with Crippen molar-refractivity contribution >= 4 is 16.2 Å². The number of carboxylic acids is 1. The van der Waals surface area contributed by atoms with Gasteiger partial charge in [0, 0.05) is 19.1 Å². The van der Waals surface area contributed by atoms with Crippen molar-refractivity contribution in [3.8, 4) is 0 Å². The van der Waals surface area contributed by atoms with E-state index < -0.39 is 28.1 Å². The van der Waals surface area contributed by atoms with E-state index in [9.17, 15) is 13.2 Å². The third kappa shape index (κ3) is 3.46. The molecular weight excluding hydrogens is 268 g/mol. The molecule has 0 aromatic heterocycles. The summed E-state index contributed by atoms with van der Waals surface area (Å²) in [5.74, 6) is -0.930. The first-order valence-electron chi connectivity index (χ1n) is 6.90. The molecule has 1 saturated heterocycles. The highest BCUT2D eigenvalue weighted by Gasteiger charge is 2.37. The highest BCUT2D eigenvalue weighted by Crippen LogP contribution is 2.27. The molecule has 2 fully saturated rings. The van der Waals surface area contributed by atoms with Gasteiger partial charge < -0.3 is 5.11 Å². The van der Waals surface area contributed by atoms with Gasteiger partial charge in [0.15, 0.2) is 0 Å². The van der Waals surface area contributed by atoms with Gasteiger partial charge in [0.1, 0.15) is 0 Å². The highest BCUT2D eigenvalue weighted by atomic mass is 32.2. The maximum Gasteiger partial charge on any atom is 0.308 e. The fourth-order valence-electron chi connectivity index (χ4n) is 2.89. The van der Waals surface area contributed by atoms with E-state index in [0.29, 0.717) is 31.8 Å². The van der Waals surface area contributed by atoms with Gasteiger partial charge in [0.25, 0.3) is 10.2 Å². The van der Waals surface area contributed by atoms with Crippen LogP contribution in [0.4, 0.5) is 0 Å². The normalized spacial score (nSPS) is 30.6. The summed E-state index contributed by atoms with van der Waals surface area (Å²) < 4.78 is 28.5. The molecule has 1 aliphatic carbocycles. The number of piperidine rings is 1. The highest BCUT2D eigenvalue weighted by molar-refractivity contribution is 7.87. The molecule has 2 N–H and O–H groups in total. The summed E-state index contributed by atoms with van der Waals surface area (Å²) in [5, 5.41) is 9.08. The fraction of sp³-hybridized carbons (Fsp3) is 0.917. The van der Waals surface area contributed by atoms with Crippen LogP contribution in [0.3, 0.4) is 0 Å². The zero-order valence-corrected chi connectivity index (χ0v) is 12.0. The van der Waals surface area contributed by atoms with Crippen molar-refractivity contribution in [2.75, 3.05) is 13.1 Å². The van der Waals surface area contributed by atoms with Crippen LogP contribution >= 0.6 is 0 Å². The molecule has 1 aliphatic heterocycles. The molecule has 0 radical (unpaired) electrons. The van der Waals surface area contributed by atoms with Gasteiger partial charge >= 0.3 is 5.97 Å². The van der Waals surface area contributed by atoms with Crippen LogP contribution in [0.2, 0.25) is 0 Å². The largest absolute Gasteiger partial charge is 0.481 e. The summed E-state index contributed by atoms with van der Waals surface area (Å²) in [7, 11) is -3.54. The lowest BCUT2D eigenvalue weighted by Crippen LogP contribution is -2.49. The zero-order valence-electron chi connectivity index (χ0n) is 11.2. The maximum atomic E-state index is 12.2. The van der Waals surface area contributed by atoms with Gasteiger partial charge in [0.2, 0.25) is 0 Å². The Morgan fingerprint density at radius 2 is 1.84 bits per heavy atom. The molecule has 2 aliphatic rings.